The molecule has 0 saturated carbocycles. The Morgan fingerprint density at radius 1 is 1.14 bits per heavy atom. The van der Waals surface area contributed by atoms with Crippen molar-refractivity contribution >= 4 is 55.9 Å². The fourth-order valence-corrected chi connectivity index (χ4v) is 5.09. The molecule has 0 aliphatic carbocycles. The Morgan fingerprint density at radius 2 is 1.93 bits per heavy atom. The lowest BCUT2D eigenvalue weighted by molar-refractivity contribution is -0.143. The molecule has 0 spiro atoms. The summed E-state index contributed by atoms with van der Waals surface area (Å²) in [5.74, 6) is 0.148. The standard InChI is InChI=1S/C21H19ClN4O2S/c22-13-5-6-17-15(11-13)16(12-23-17)19(21(27)28)25-7-9-26(10-8-25)20-14-3-1-2-4-18(14)29-24-20/h1-6,11-12,19,23H,7-10H2,(H,27,28)/t19-/m0/s1. The van der Waals surface area contributed by atoms with Gasteiger partial charge in [0, 0.05) is 59.3 Å². The van der Waals surface area contributed by atoms with Crippen molar-refractivity contribution in [2.75, 3.05) is 31.1 Å². The maximum Gasteiger partial charge on any atom is 0.325 e. The van der Waals surface area contributed by atoms with E-state index in [4.69, 9.17) is 11.6 Å². The number of carboxylic acids is 1. The second kappa shape index (κ2) is 7.33. The minimum Gasteiger partial charge on any atom is -0.480 e. The second-order valence-corrected chi connectivity index (χ2v) is 8.44. The van der Waals surface area contributed by atoms with E-state index in [9.17, 15) is 9.90 Å². The molecular weight excluding hydrogens is 408 g/mol. The van der Waals surface area contributed by atoms with Crippen molar-refractivity contribution in [3.63, 3.8) is 0 Å². The molecule has 2 N–H and O–H groups in total. The lowest BCUT2D eigenvalue weighted by Crippen LogP contribution is -2.49. The molecule has 0 amide bonds. The molecule has 8 heteroatoms. The molecule has 4 aromatic rings. The zero-order valence-corrected chi connectivity index (χ0v) is 17.1. The van der Waals surface area contributed by atoms with E-state index in [1.54, 1.807) is 12.3 Å². The average molecular weight is 427 g/mol. The van der Waals surface area contributed by atoms with Crippen LogP contribution >= 0.6 is 23.1 Å². The highest BCUT2D eigenvalue weighted by atomic mass is 35.5. The van der Waals surface area contributed by atoms with Gasteiger partial charge in [-0.05, 0) is 41.9 Å². The number of nitrogens with zero attached hydrogens (tertiary/aromatic N) is 3. The summed E-state index contributed by atoms with van der Waals surface area (Å²) < 4.78 is 5.81. The molecular formula is C21H19ClN4O2S. The molecule has 1 aliphatic rings. The van der Waals surface area contributed by atoms with Crippen molar-refractivity contribution in [2.24, 2.45) is 0 Å². The van der Waals surface area contributed by atoms with Gasteiger partial charge in [0.25, 0.3) is 0 Å². The third-order valence-electron chi connectivity index (χ3n) is 5.54. The first-order chi connectivity index (χ1) is 14.1. The van der Waals surface area contributed by atoms with Gasteiger partial charge in [0.1, 0.15) is 11.9 Å². The molecule has 1 fully saturated rings. The van der Waals surface area contributed by atoms with Crippen molar-refractivity contribution in [3.05, 3.63) is 59.2 Å². The van der Waals surface area contributed by atoms with Crippen molar-refractivity contribution in [2.45, 2.75) is 6.04 Å². The molecule has 3 heterocycles. The molecule has 0 unspecified atom stereocenters. The number of rotatable bonds is 4. The fourth-order valence-electron chi connectivity index (χ4n) is 4.12. The van der Waals surface area contributed by atoms with E-state index in [0.717, 1.165) is 40.8 Å². The van der Waals surface area contributed by atoms with E-state index in [2.05, 4.69) is 26.4 Å². The number of piperazine rings is 1. The van der Waals surface area contributed by atoms with Crippen LogP contribution in [0.2, 0.25) is 5.02 Å². The number of aromatic amines is 1. The Kier molecular flexibility index (Phi) is 4.66. The molecule has 2 aromatic heterocycles. The van der Waals surface area contributed by atoms with Crippen molar-refractivity contribution in [1.82, 2.24) is 14.3 Å². The van der Waals surface area contributed by atoms with Gasteiger partial charge in [0.2, 0.25) is 0 Å². The van der Waals surface area contributed by atoms with Gasteiger partial charge in [0.05, 0.1) is 4.70 Å². The molecule has 0 bridgehead atoms. The first-order valence-corrected chi connectivity index (χ1v) is 10.6. The first kappa shape index (κ1) is 18.4. The number of carbonyl (C=O) groups is 1. The summed E-state index contributed by atoms with van der Waals surface area (Å²) in [6.45, 7) is 2.77. The van der Waals surface area contributed by atoms with E-state index in [0.29, 0.717) is 18.1 Å². The van der Waals surface area contributed by atoms with Crippen molar-refractivity contribution in [3.8, 4) is 0 Å². The van der Waals surface area contributed by atoms with Crippen molar-refractivity contribution in [1.29, 1.82) is 0 Å². The normalized spacial score (nSPS) is 16.5. The highest BCUT2D eigenvalue weighted by Gasteiger charge is 2.32. The van der Waals surface area contributed by atoms with Crippen LogP contribution in [-0.4, -0.2) is 51.5 Å². The summed E-state index contributed by atoms with van der Waals surface area (Å²) in [4.78, 5) is 19.6. The molecule has 1 saturated heterocycles. The minimum absolute atomic E-state index is 0.600. The van der Waals surface area contributed by atoms with E-state index < -0.39 is 12.0 Å². The molecule has 0 radical (unpaired) electrons. The van der Waals surface area contributed by atoms with Gasteiger partial charge < -0.3 is 15.0 Å². The van der Waals surface area contributed by atoms with E-state index >= 15 is 0 Å². The number of fused-ring (bicyclic) bond motifs is 2. The third kappa shape index (κ3) is 3.25. The SMILES string of the molecule is O=C(O)[C@H](c1c[nH]c2ccc(Cl)cc12)N1CCN(c2nsc3ccccc23)CC1. The molecule has 6 nitrogen and oxygen atoms in total. The van der Waals surface area contributed by atoms with Crippen LogP contribution in [0.4, 0.5) is 5.82 Å². The third-order valence-corrected chi connectivity index (χ3v) is 6.59. The first-order valence-electron chi connectivity index (χ1n) is 9.44. The van der Waals surface area contributed by atoms with Crippen LogP contribution in [0, 0.1) is 0 Å². The summed E-state index contributed by atoms with van der Waals surface area (Å²) >= 11 is 7.66. The molecule has 29 heavy (non-hydrogen) atoms. The number of anilines is 1. The van der Waals surface area contributed by atoms with Gasteiger partial charge in [-0.2, -0.15) is 4.37 Å². The summed E-state index contributed by atoms with van der Waals surface area (Å²) in [5.41, 5.74) is 1.64. The highest BCUT2D eigenvalue weighted by molar-refractivity contribution is 7.13. The predicted octanol–water partition coefficient (Wildman–Crippen LogP) is 4.38. The van der Waals surface area contributed by atoms with Crippen LogP contribution in [0.3, 0.4) is 0 Å². The van der Waals surface area contributed by atoms with Crippen LogP contribution in [0.25, 0.3) is 21.0 Å². The zero-order valence-electron chi connectivity index (χ0n) is 15.5. The maximum absolute atomic E-state index is 12.2. The zero-order chi connectivity index (χ0) is 20.0. The number of hydrogen-bond donors (Lipinski definition) is 2. The monoisotopic (exact) mass is 426 g/mol. The van der Waals surface area contributed by atoms with E-state index in [1.807, 2.05) is 29.2 Å². The summed E-state index contributed by atoms with van der Waals surface area (Å²) in [6, 6.07) is 13.0. The Labute approximate surface area is 176 Å². The average Bonchev–Trinajstić information content (AvgIpc) is 3.33. The number of aliphatic carboxylic acids is 1. The van der Waals surface area contributed by atoms with Gasteiger partial charge in [-0.15, -0.1) is 0 Å². The number of nitrogens with one attached hydrogen (secondary N) is 1. The Hall–Kier alpha value is -2.61. The summed E-state index contributed by atoms with van der Waals surface area (Å²) in [5, 5.41) is 12.6. The van der Waals surface area contributed by atoms with Gasteiger partial charge in [0.15, 0.2) is 0 Å². The summed E-state index contributed by atoms with van der Waals surface area (Å²) in [6.07, 6.45) is 1.79. The predicted molar refractivity (Wildman–Crippen MR) is 117 cm³/mol. The number of hydrogen-bond acceptors (Lipinski definition) is 5. The van der Waals surface area contributed by atoms with Crippen LogP contribution in [0.5, 0.6) is 0 Å². The molecule has 148 valence electrons. The largest absolute Gasteiger partial charge is 0.480 e. The second-order valence-electron chi connectivity index (χ2n) is 7.20. The van der Waals surface area contributed by atoms with Gasteiger partial charge >= 0.3 is 5.97 Å². The molecule has 1 aliphatic heterocycles. The van der Waals surface area contributed by atoms with Crippen LogP contribution in [-0.2, 0) is 4.79 Å². The Bertz CT molecular complexity index is 1200. The topological polar surface area (TPSA) is 72.5 Å². The lowest BCUT2D eigenvalue weighted by atomic mass is 10.0. The van der Waals surface area contributed by atoms with E-state index in [1.165, 1.54) is 16.2 Å². The van der Waals surface area contributed by atoms with Crippen molar-refractivity contribution < 1.29 is 9.90 Å². The van der Waals surface area contributed by atoms with Gasteiger partial charge in [-0.3, -0.25) is 9.69 Å². The maximum atomic E-state index is 12.2. The molecule has 5 rings (SSSR count). The highest BCUT2D eigenvalue weighted by Crippen LogP contribution is 2.33. The lowest BCUT2D eigenvalue weighted by Gasteiger charge is -2.38. The number of carboxylic acid groups (broad SMARTS) is 1. The number of aromatic nitrogens is 2. The number of H-pyrrole nitrogens is 1. The van der Waals surface area contributed by atoms with Gasteiger partial charge in [-0.1, -0.05) is 23.7 Å². The van der Waals surface area contributed by atoms with Crippen LogP contribution in [0.15, 0.2) is 48.7 Å². The fraction of sp³-hybridized carbons (Fsp3) is 0.238. The summed E-state index contributed by atoms with van der Waals surface area (Å²) in [7, 11) is 0. The Balaban J connectivity index is 1.40. The van der Waals surface area contributed by atoms with Crippen LogP contribution in [0.1, 0.15) is 11.6 Å². The smallest absolute Gasteiger partial charge is 0.325 e. The number of benzene rings is 2. The Morgan fingerprint density at radius 3 is 2.72 bits per heavy atom. The van der Waals surface area contributed by atoms with E-state index in [-0.39, 0.29) is 0 Å². The van der Waals surface area contributed by atoms with Gasteiger partial charge in [-0.25, -0.2) is 0 Å². The molecule has 2 aromatic carbocycles. The van der Waals surface area contributed by atoms with Crippen LogP contribution < -0.4 is 4.90 Å². The quantitative estimate of drug-likeness (QED) is 0.506. The minimum atomic E-state index is -0.849. The molecule has 1 atom stereocenters. The number of halogens is 1.